The molecule has 1 aromatic carbocycles. The van der Waals surface area contributed by atoms with Crippen molar-refractivity contribution >= 4 is 11.0 Å². The summed E-state index contributed by atoms with van der Waals surface area (Å²) in [6, 6.07) is 10.2. The van der Waals surface area contributed by atoms with Gasteiger partial charge < -0.3 is 14.1 Å². The molecule has 0 amide bonds. The van der Waals surface area contributed by atoms with E-state index in [0.717, 1.165) is 19.3 Å². The molecule has 0 saturated carbocycles. The van der Waals surface area contributed by atoms with E-state index in [-0.39, 0.29) is 12.4 Å². The molecule has 5 aromatic rings. The quantitative estimate of drug-likeness (QED) is 0.321. The van der Waals surface area contributed by atoms with Crippen molar-refractivity contribution in [3.05, 3.63) is 82.9 Å². The summed E-state index contributed by atoms with van der Waals surface area (Å²) in [4.78, 5) is 26.0. The number of halogens is 3. The summed E-state index contributed by atoms with van der Waals surface area (Å²) in [5.41, 5.74) is 2.18. The number of nitrogens with zero attached hydrogens (tertiary/aromatic N) is 6. The van der Waals surface area contributed by atoms with Gasteiger partial charge in [0.15, 0.2) is 0 Å². The molecule has 0 spiro atoms. The molecule has 212 valence electrons. The average Bonchev–Trinajstić information content (AvgIpc) is 3.71. The summed E-state index contributed by atoms with van der Waals surface area (Å²) in [5.74, 6) is -1.36. The van der Waals surface area contributed by atoms with Gasteiger partial charge in [0.2, 0.25) is 5.89 Å². The van der Waals surface area contributed by atoms with Crippen LogP contribution in [0.15, 0.2) is 64.2 Å². The molecule has 13 heteroatoms. The van der Waals surface area contributed by atoms with Crippen molar-refractivity contribution < 1.29 is 22.3 Å². The van der Waals surface area contributed by atoms with Crippen LogP contribution in [0.1, 0.15) is 30.9 Å². The topological polar surface area (TPSA) is 115 Å². The zero-order valence-corrected chi connectivity index (χ0v) is 21.8. The lowest BCUT2D eigenvalue weighted by molar-refractivity contribution is -0.0569. The predicted octanol–water partition coefficient (Wildman–Crippen LogP) is 4.44. The molecule has 0 atom stereocenters. The molecule has 2 aliphatic heterocycles. The number of hydrogen-bond donors (Lipinski definition) is 1. The zero-order valence-electron chi connectivity index (χ0n) is 21.8. The van der Waals surface area contributed by atoms with Crippen LogP contribution in [0.5, 0.6) is 0 Å². The van der Waals surface area contributed by atoms with Gasteiger partial charge in [-0.2, -0.15) is 8.78 Å². The summed E-state index contributed by atoms with van der Waals surface area (Å²) in [5, 5.41) is 6.84. The first kappa shape index (κ1) is 26.8. The lowest BCUT2D eigenvalue weighted by atomic mass is 10.1. The fourth-order valence-corrected chi connectivity index (χ4v) is 4.87. The van der Waals surface area contributed by atoms with Crippen molar-refractivity contribution in [1.29, 1.82) is 0 Å². The normalized spacial score (nSPS) is 15.7. The Morgan fingerprint density at radius 1 is 1.05 bits per heavy atom. The zero-order chi connectivity index (χ0) is 28.3. The number of pyridine rings is 2. The van der Waals surface area contributed by atoms with Crippen LogP contribution >= 0.6 is 0 Å². The molecule has 0 aliphatic carbocycles. The minimum absolute atomic E-state index is 0.0664. The van der Waals surface area contributed by atoms with Crippen molar-refractivity contribution in [3.63, 3.8) is 0 Å². The predicted molar refractivity (Wildman–Crippen MR) is 143 cm³/mol. The van der Waals surface area contributed by atoms with Crippen LogP contribution in [0.4, 0.5) is 13.2 Å². The van der Waals surface area contributed by atoms with Crippen LogP contribution in [0, 0.1) is 5.82 Å². The van der Waals surface area contributed by atoms with Gasteiger partial charge in [-0.05, 0) is 50.2 Å². The van der Waals surface area contributed by atoms with E-state index in [0.29, 0.717) is 33.4 Å². The first-order chi connectivity index (χ1) is 20.0. The van der Waals surface area contributed by atoms with Gasteiger partial charge in [0.05, 0.1) is 48.1 Å². The summed E-state index contributed by atoms with van der Waals surface area (Å²) < 4.78 is 51.4. The number of hydrogen-bond acceptors (Lipinski definition) is 8. The van der Waals surface area contributed by atoms with E-state index >= 15 is 0 Å². The van der Waals surface area contributed by atoms with E-state index in [1.165, 1.54) is 42.8 Å². The van der Waals surface area contributed by atoms with Crippen LogP contribution in [0.3, 0.4) is 0 Å². The molecule has 2 saturated heterocycles. The van der Waals surface area contributed by atoms with Crippen molar-refractivity contribution in [3.8, 4) is 22.6 Å². The second kappa shape index (κ2) is 11.6. The molecule has 0 radical (unpaired) electrons. The molecule has 2 aliphatic rings. The molecule has 1 N–H and O–H groups in total. The lowest BCUT2D eigenvalue weighted by Gasteiger charge is -2.34. The minimum Gasteiger partial charge on any atom is -0.415 e. The molecule has 0 bridgehead atoms. The van der Waals surface area contributed by atoms with Crippen LogP contribution in [-0.2, 0) is 11.3 Å². The SMILES string of the molecule is C1CCN(C2COC2)C1.O=c1[nH]c2cc(-c3cccnc3)c(F)cc2n1Cc1ccc(-c2nnc(C(F)F)o2)cn1. The van der Waals surface area contributed by atoms with Crippen molar-refractivity contribution in [2.24, 2.45) is 0 Å². The van der Waals surface area contributed by atoms with Crippen LogP contribution < -0.4 is 5.69 Å². The maximum atomic E-state index is 14.8. The second-order valence-electron chi connectivity index (χ2n) is 9.83. The van der Waals surface area contributed by atoms with Crippen molar-refractivity contribution in [2.45, 2.75) is 31.9 Å². The third-order valence-electron chi connectivity index (χ3n) is 7.13. The Kier molecular flexibility index (Phi) is 7.61. The number of H-pyrrole nitrogens is 1. The van der Waals surface area contributed by atoms with Crippen molar-refractivity contribution in [1.82, 2.24) is 34.6 Å². The summed E-state index contributed by atoms with van der Waals surface area (Å²) >= 11 is 0. The van der Waals surface area contributed by atoms with Gasteiger partial charge >= 0.3 is 12.1 Å². The van der Waals surface area contributed by atoms with Gasteiger partial charge in [-0.1, -0.05) is 6.07 Å². The molecule has 7 rings (SSSR count). The highest BCUT2D eigenvalue weighted by atomic mass is 19.3. The molecular weight excluding hydrogens is 539 g/mol. The number of imidazole rings is 1. The number of ether oxygens (including phenoxy) is 1. The van der Waals surface area contributed by atoms with E-state index in [9.17, 15) is 18.0 Å². The van der Waals surface area contributed by atoms with Gasteiger partial charge in [-0.25, -0.2) is 9.18 Å². The Labute approximate surface area is 231 Å². The fourth-order valence-electron chi connectivity index (χ4n) is 4.87. The van der Waals surface area contributed by atoms with Crippen LogP contribution in [0.25, 0.3) is 33.6 Å². The van der Waals surface area contributed by atoms with E-state index in [2.05, 4.69) is 30.0 Å². The highest BCUT2D eigenvalue weighted by Gasteiger charge is 2.27. The van der Waals surface area contributed by atoms with Gasteiger partial charge in [0.25, 0.3) is 5.89 Å². The van der Waals surface area contributed by atoms with E-state index in [4.69, 9.17) is 9.15 Å². The fraction of sp³-hybridized carbons (Fsp3) is 0.321. The first-order valence-corrected chi connectivity index (χ1v) is 13.2. The summed E-state index contributed by atoms with van der Waals surface area (Å²) in [7, 11) is 0. The number of rotatable bonds is 6. The summed E-state index contributed by atoms with van der Waals surface area (Å²) in [6.07, 6.45) is 4.44. The highest BCUT2D eigenvalue weighted by molar-refractivity contribution is 5.82. The Morgan fingerprint density at radius 3 is 2.51 bits per heavy atom. The maximum Gasteiger partial charge on any atom is 0.326 e. The molecule has 0 unspecified atom stereocenters. The van der Waals surface area contributed by atoms with Crippen LogP contribution in [0.2, 0.25) is 0 Å². The van der Waals surface area contributed by atoms with E-state index in [1.807, 2.05) is 0 Å². The number of aromatic nitrogens is 6. The molecular formula is C28H26F3N7O3. The number of benzene rings is 1. The molecule has 10 nitrogen and oxygen atoms in total. The average molecular weight is 566 g/mol. The molecule has 6 heterocycles. The Morgan fingerprint density at radius 2 is 1.88 bits per heavy atom. The standard InChI is InChI=1S/C21H13F3N6O2.C7H13NO/c22-15-7-17-16(6-14(15)11-2-1-5-25-8-11)27-21(31)30(17)10-13-4-3-12(9-26-13)19-28-29-20(32-19)18(23)24;1-2-4-8(3-1)7-5-9-6-7/h1-9,18H,10H2,(H,27,31);7H,1-6H2. The number of aromatic amines is 1. The first-order valence-electron chi connectivity index (χ1n) is 13.2. The van der Waals surface area contributed by atoms with Gasteiger partial charge in [0.1, 0.15) is 5.82 Å². The largest absolute Gasteiger partial charge is 0.415 e. The molecule has 2 fully saturated rings. The molecule has 41 heavy (non-hydrogen) atoms. The highest BCUT2D eigenvalue weighted by Crippen LogP contribution is 2.27. The smallest absolute Gasteiger partial charge is 0.326 e. The molecule has 4 aromatic heterocycles. The number of fused-ring (bicyclic) bond motifs is 1. The third kappa shape index (κ3) is 5.77. The Balaban J connectivity index is 0.000000283. The van der Waals surface area contributed by atoms with E-state index < -0.39 is 23.8 Å². The Bertz CT molecular complexity index is 1680. The van der Waals surface area contributed by atoms with E-state index in [1.54, 1.807) is 42.7 Å². The number of nitrogens with one attached hydrogen (secondary N) is 1. The number of likely N-dealkylation sites (tertiary alicyclic amines) is 1. The summed E-state index contributed by atoms with van der Waals surface area (Å²) in [6.45, 7) is 4.67. The number of alkyl halides is 2. The minimum atomic E-state index is -2.86. The van der Waals surface area contributed by atoms with Crippen LogP contribution in [-0.4, -0.2) is 67.0 Å². The van der Waals surface area contributed by atoms with Gasteiger partial charge in [-0.15, -0.1) is 10.2 Å². The van der Waals surface area contributed by atoms with Gasteiger partial charge in [0, 0.05) is 35.8 Å². The monoisotopic (exact) mass is 565 g/mol. The Hall–Kier alpha value is -4.36. The second-order valence-corrected chi connectivity index (χ2v) is 9.83. The van der Waals surface area contributed by atoms with Crippen molar-refractivity contribution in [2.75, 3.05) is 26.3 Å². The van der Waals surface area contributed by atoms with Gasteiger partial charge in [-0.3, -0.25) is 19.4 Å². The lowest BCUT2D eigenvalue weighted by Crippen LogP contribution is -2.47. The third-order valence-corrected chi connectivity index (χ3v) is 7.13. The maximum absolute atomic E-state index is 14.8.